The molecule has 1 amide bonds. The molecule has 0 bridgehead atoms. The Morgan fingerprint density at radius 3 is 2.85 bits per heavy atom. The number of hydrogen-bond acceptors (Lipinski definition) is 2. The molecule has 0 aromatic heterocycles. The third-order valence-electron chi connectivity index (χ3n) is 2.55. The van der Waals surface area contributed by atoms with Crippen molar-refractivity contribution in [1.29, 1.82) is 0 Å². The highest BCUT2D eigenvalue weighted by molar-refractivity contribution is 5.76. The Balaban J connectivity index is 2.32. The first-order chi connectivity index (χ1) is 6.34. The largest absolute Gasteiger partial charge is 0.341 e. The second-order valence-electron chi connectivity index (χ2n) is 3.65. The van der Waals surface area contributed by atoms with Crippen molar-refractivity contribution in [1.82, 2.24) is 10.2 Å². The molecular formula is C10H20N2O. The Morgan fingerprint density at radius 2 is 2.08 bits per heavy atom. The van der Waals surface area contributed by atoms with E-state index in [0.29, 0.717) is 5.91 Å². The lowest BCUT2D eigenvalue weighted by Gasteiger charge is -2.24. The summed E-state index contributed by atoms with van der Waals surface area (Å²) >= 11 is 0. The number of hydrogen-bond donors (Lipinski definition) is 1. The molecule has 1 aliphatic heterocycles. The van der Waals surface area contributed by atoms with E-state index < -0.39 is 0 Å². The Hall–Kier alpha value is -0.570. The number of amides is 1. The van der Waals surface area contributed by atoms with Crippen LogP contribution in [0.1, 0.15) is 32.1 Å². The summed E-state index contributed by atoms with van der Waals surface area (Å²) in [6.45, 7) is 2.74. The number of nitrogens with one attached hydrogen (secondary N) is 1. The summed E-state index contributed by atoms with van der Waals surface area (Å²) in [5.74, 6) is 0.343. The van der Waals surface area contributed by atoms with Crippen LogP contribution < -0.4 is 5.32 Å². The zero-order valence-corrected chi connectivity index (χ0v) is 8.51. The minimum Gasteiger partial charge on any atom is -0.341 e. The third kappa shape index (κ3) is 3.77. The fraction of sp³-hybridized carbons (Fsp3) is 0.900. The van der Waals surface area contributed by atoms with Gasteiger partial charge in [0.25, 0.3) is 0 Å². The van der Waals surface area contributed by atoms with E-state index >= 15 is 0 Å². The van der Waals surface area contributed by atoms with Gasteiger partial charge in [-0.2, -0.15) is 0 Å². The van der Waals surface area contributed by atoms with Gasteiger partial charge in [-0.15, -0.1) is 0 Å². The number of rotatable bonds is 3. The van der Waals surface area contributed by atoms with Gasteiger partial charge in [-0.3, -0.25) is 4.79 Å². The Labute approximate surface area is 80.5 Å². The Kier molecular flexibility index (Phi) is 4.83. The quantitative estimate of drug-likeness (QED) is 0.709. The molecule has 1 aliphatic rings. The standard InChI is InChI=1S/C10H20N2O/c1-11-7-9-12-8-5-3-2-4-6-10(12)13/h11H,2-9H2,1H3. The number of carbonyl (C=O) groups is 1. The zero-order chi connectivity index (χ0) is 9.52. The van der Waals surface area contributed by atoms with E-state index in [1.165, 1.54) is 19.3 Å². The Bertz CT molecular complexity index is 157. The van der Waals surface area contributed by atoms with Gasteiger partial charge < -0.3 is 10.2 Å². The summed E-state index contributed by atoms with van der Waals surface area (Å²) in [5.41, 5.74) is 0. The summed E-state index contributed by atoms with van der Waals surface area (Å²) in [4.78, 5) is 13.6. The maximum Gasteiger partial charge on any atom is 0.222 e. The molecule has 0 aromatic carbocycles. The highest BCUT2D eigenvalue weighted by Crippen LogP contribution is 2.10. The molecule has 1 saturated heterocycles. The molecule has 1 rings (SSSR count). The lowest BCUT2D eigenvalue weighted by atomic mass is 10.1. The summed E-state index contributed by atoms with van der Waals surface area (Å²) in [7, 11) is 1.93. The van der Waals surface area contributed by atoms with Crippen LogP contribution in [0.4, 0.5) is 0 Å². The summed E-state index contributed by atoms with van der Waals surface area (Å²) in [6, 6.07) is 0. The molecule has 0 atom stereocenters. The van der Waals surface area contributed by atoms with E-state index in [2.05, 4.69) is 5.32 Å². The second kappa shape index (κ2) is 5.97. The average molecular weight is 184 g/mol. The lowest BCUT2D eigenvalue weighted by molar-refractivity contribution is -0.131. The molecule has 0 radical (unpaired) electrons. The number of nitrogens with zero attached hydrogens (tertiary/aromatic N) is 1. The second-order valence-corrected chi connectivity index (χ2v) is 3.65. The minimum atomic E-state index is 0.343. The van der Waals surface area contributed by atoms with E-state index in [1.807, 2.05) is 11.9 Å². The predicted molar refractivity (Wildman–Crippen MR) is 53.6 cm³/mol. The molecule has 0 saturated carbocycles. The van der Waals surface area contributed by atoms with E-state index in [0.717, 1.165) is 32.5 Å². The van der Waals surface area contributed by atoms with E-state index in [9.17, 15) is 4.79 Å². The van der Waals surface area contributed by atoms with E-state index in [1.54, 1.807) is 0 Å². The van der Waals surface area contributed by atoms with Crippen LogP contribution in [-0.2, 0) is 4.79 Å². The molecule has 1 heterocycles. The van der Waals surface area contributed by atoms with Crippen LogP contribution in [0.25, 0.3) is 0 Å². The Morgan fingerprint density at radius 1 is 1.31 bits per heavy atom. The van der Waals surface area contributed by atoms with Crippen molar-refractivity contribution in [2.45, 2.75) is 32.1 Å². The van der Waals surface area contributed by atoms with Crippen molar-refractivity contribution < 1.29 is 4.79 Å². The van der Waals surface area contributed by atoms with Crippen molar-refractivity contribution in [3.8, 4) is 0 Å². The smallest absolute Gasteiger partial charge is 0.222 e. The molecule has 1 N–H and O–H groups in total. The van der Waals surface area contributed by atoms with Gasteiger partial charge >= 0.3 is 0 Å². The molecule has 3 heteroatoms. The van der Waals surface area contributed by atoms with Crippen molar-refractivity contribution in [3.05, 3.63) is 0 Å². The summed E-state index contributed by atoms with van der Waals surface area (Å²) < 4.78 is 0. The van der Waals surface area contributed by atoms with Gasteiger partial charge in [0.15, 0.2) is 0 Å². The van der Waals surface area contributed by atoms with Crippen LogP contribution in [0.5, 0.6) is 0 Å². The fourth-order valence-corrected chi connectivity index (χ4v) is 1.70. The monoisotopic (exact) mass is 184 g/mol. The SMILES string of the molecule is CNCCN1CCCCCCC1=O. The van der Waals surface area contributed by atoms with Crippen molar-refractivity contribution >= 4 is 5.91 Å². The van der Waals surface area contributed by atoms with Gasteiger partial charge in [-0.25, -0.2) is 0 Å². The fourth-order valence-electron chi connectivity index (χ4n) is 1.70. The van der Waals surface area contributed by atoms with Crippen molar-refractivity contribution in [2.24, 2.45) is 0 Å². The third-order valence-corrected chi connectivity index (χ3v) is 2.55. The van der Waals surface area contributed by atoms with E-state index in [-0.39, 0.29) is 0 Å². The molecule has 0 unspecified atom stereocenters. The number of carbonyl (C=O) groups excluding carboxylic acids is 1. The summed E-state index contributed by atoms with van der Waals surface area (Å²) in [6.07, 6.45) is 5.52. The highest BCUT2D eigenvalue weighted by Gasteiger charge is 2.14. The number of likely N-dealkylation sites (N-methyl/N-ethyl adjacent to an activating group) is 1. The van der Waals surface area contributed by atoms with Gasteiger partial charge in [-0.1, -0.05) is 12.8 Å². The van der Waals surface area contributed by atoms with Crippen LogP contribution in [0.2, 0.25) is 0 Å². The van der Waals surface area contributed by atoms with Crippen LogP contribution >= 0.6 is 0 Å². The zero-order valence-electron chi connectivity index (χ0n) is 8.51. The van der Waals surface area contributed by atoms with Crippen LogP contribution in [0.3, 0.4) is 0 Å². The maximum atomic E-state index is 11.6. The molecule has 13 heavy (non-hydrogen) atoms. The van der Waals surface area contributed by atoms with Gasteiger partial charge in [-0.05, 0) is 19.9 Å². The first-order valence-electron chi connectivity index (χ1n) is 5.27. The van der Waals surface area contributed by atoms with Crippen LogP contribution in [-0.4, -0.2) is 37.5 Å². The first kappa shape index (κ1) is 10.5. The van der Waals surface area contributed by atoms with Gasteiger partial charge in [0.2, 0.25) is 5.91 Å². The van der Waals surface area contributed by atoms with Gasteiger partial charge in [0.05, 0.1) is 0 Å². The predicted octanol–water partition coefficient (Wildman–Crippen LogP) is 0.998. The van der Waals surface area contributed by atoms with Crippen molar-refractivity contribution in [3.63, 3.8) is 0 Å². The molecule has 76 valence electrons. The highest BCUT2D eigenvalue weighted by atomic mass is 16.2. The molecule has 3 nitrogen and oxygen atoms in total. The topological polar surface area (TPSA) is 32.3 Å². The van der Waals surface area contributed by atoms with Gasteiger partial charge in [0.1, 0.15) is 0 Å². The molecule has 1 fully saturated rings. The molecule has 0 aromatic rings. The molecular weight excluding hydrogens is 164 g/mol. The normalized spacial score (nSPS) is 19.8. The van der Waals surface area contributed by atoms with Crippen LogP contribution in [0.15, 0.2) is 0 Å². The summed E-state index contributed by atoms with van der Waals surface area (Å²) in [5, 5.41) is 3.08. The minimum absolute atomic E-state index is 0.343. The average Bonchev–Trinajstić information content (AvgIpc) is 2.11. The lowest BCUT2D eigenvalue weighted by Crippen LogP contribution is -2.37. The molecule has 0 aliphatic carbocycles. The van der Waals surface area contributed by atoms with E-state index in [4.69, 9.17) is 0 Å². The number of likely N-dealkylation sites (tertiary alicyclic amines) is 1. The molecule has 0 spiro atoms. The van der Waals surface area contributed by atoms with Crippen LogP contribution in [0, 0.1) is 0 Å². The maximum absolute atomic E-state index is 11.6. The van der Waals surface area contributed by atoms with Crippen molar-refractivity contribution in [2.75, 3.05) is 26.7 Å². The van der Waals surface area contributed by atoms with Gasteiger partial charge in [0, 0.05) is 26.1 Å². The first-order valence-corrected chi connectivity index (χ1v) is 5.27.